The lowest BCUT2D eigenvalue weighted by Gasteiger charge is -2.31. The SMILES string of the molecule is C1=CC(C2CCC=C(C3=CC4C=CC3O4)N2)NC1. The molecule has 18 heavy (non-hydrogen) atoms. The topological polar surface area (TPSA) is 33.3 Å². The number of rotatable bonds is 2. The van der Waals surface area contributed by atoms with Gasteiger partial charge in [0.1, 0.15) is 6.10 Å². The quantitative estimate of drug-likeness (QED) is 0.718. The van der Waals surface area contributed by atoms with Crippen molar-refractivity contribution in [2.45, 2.75) is 37.1 Å². The fourth-order valence-electron chi connectivity index (χ4n) is 3.23. The van der Waals surface area contributed by atoms with Gasteiger partial charge in [-0.05, 0) is 18.9 Å². The largest absolute Gasteiger partial charge is 0.380 e. The van der Waals surface area contributed by atoms with Crippen LogP contribution in [0.15, 0.2) is 47.7 Å². The van der Waals surface area contributed by atoms with Crippen LogP contribution in [0.25, 0.3) is 0 Å². The first kappa shape index (κ1) is 10.6. The molecule has 0 radical (unpaired) electrons. The molecule has 4 unspecified atom stereocenters. The van der Waals surface area contributed by atoms with Crippen molar-refractivity contribution in [2.24, 2.45) is 0 Å². The third-order valence-corrected chi connectivity index (χ3v) is 4.16. The zero-order chi connectivity index (χ0) is 11.9. The first-order chi connectivity index (χ1) is 8.90. The predicted molar refractivity (Wildman–Crippen MR) is 71.1 cm³/mol. The zero-order valence-electron chi connectivity index (χ0n) is 10.3. The molecule has 4 heterocycles. The minimum Gasteiger partial charge on any atom is -0.380 e. The third kappa shape index (κ3) is 1.66. The monoisotopic (exact) mass is 242 g/mol. The number of nitrogens with one attached hydrogen (secondary N) is 2. The fraction of sp³-hybridized carbons (Fsp3) is 0.467. The Bertz CT molecular complexity index is 475. The van der Waals surface area contributed by atoms with E-state index < -0.39 is 0 Å². The van der Waals surface area contributed by atoms with Gasteiger partial charge in [0.25, 0.3) is 0 Å². The van der Waals surface area contributed by atoms with Crippen molar-refractivity contribution >= 4 is 0 Å². The summed E-state index contributed by atoms with van der Waals surface area (Å²) in [6.45, 7) is 1.00. The second-order valence-electron chi connectivity index (χ2n) is 5.34. The van der Waals surface area contributed by atoms with Crippen LogP contribution in [0.3, 0.4) is 0 Å². The lowest BCUT2D eigenvalue weighted by atomic mass is 9.94. The smallest absolute Gasteiger partial charge is 0.104 e. The first-order valence-electron chi connectivity index (χ1n) is 6.83. The van der Waals surface area contributed by atoms with E-state index in [-0.39, 0.29) is 12.2 Å². The van der Waals surface area contributed by atoms with Crippen LogP contribution in [-0.2, 0) is 4.74 Å². The van der Waals surface area contributed by atoms with E-state index in [9.17, 15) is 0 Å². The molecular weight excluding hydrogens is 224 g/mol. The Morgan fingerprint density at radius 3 is 2.94 bits per heavy atom. The summed E-state index contributed by atoms with van der Waals surface area (Å²) >= 11 is 0. The lowest BCUT2D eigenvalue weighted by Crippen LogP contribution is -2.46. The summed E-state index contributed by atoms with van der Waals surface area (Å²) in [7, 11) is 0. The maximum absolute atomic E-state index is 5.78. The highest BCUT2D eigenvalue weighted by molar-refractivity contribution is 5.45. The van der Waals surface area contributed by atoms with Gasteiger partial charge < -0.3 is 15.4 Å². The zero-order valence-corrected chi connectivity index (χ0v) is 10.3. The van der Waals surface area contributed by atoms with E-state index in [1.807, 2.05) is 0 Å². The highest BCUT2D eigenvalue weighted by Gasteiger charge is 2.33. The molecule has 0 saturated carbocycles. The van der Waals surface area contributed by atoms with E-state index in [0.29, 0.717) is 12.1 Å². The second-order valence-corrected chi connectivity index (χ2v) is 5.34. The standard InChI is InChI=1S/C15H18N2O/c1-3-12(11-9-10-6-7-15(11)18-10)17-14(4-1)13-5-2-8-16-13/h2-3,5-7,9-10,13-17H,1,4,8H2. The van der Waals surface area contributed by atoms with E-state index in [1.54, 1.807) is 0 Å². The minimum absolute atomic E-state index is 0.180. The summed E-state index contributed by atoms with van der Waals surface area (Å²) in [6.07, 6.45) is 16.1. The summed E-state index contributed by atoms with van der Waals surface area (Å²) in [5, 5.41) is 7.19. The molecule has 2 N–H and O–H groups in total. The molecule has 2 bridgehead atoms. The average Bonchev–Trinajstić information content (AvgIpc) is 3.15. The van der Waals surface area contributed by atoms with Crippen LogP contribution in [0, 0.1) is 0 Å². The molecular formula is C15H18N2O. The van der Waals surface area contributed by atoms with Crippen molar-refractivity contribution in [2.75, 3.05) is 6.54 Å². The minimum atomic E-state index is 0.180. The molecule has 0 aromatic carbocycles. The summed E-state index contributed by atoms with van der Waals surface area (Å²) in [5.74, 6) is 0. The van der Waals surface area contributed by atoms with E-state index in [2.05, 4.69) is 47.1 Å². The van der Waals surface area contributed by atoms with Gasteiger partial charge in [-0.3, -0.25) is 0 Å². The molecule has 0 fully saturated rings. The van der Waals surface area contributed by atoms with Crippen LogP contribution < -0.4 is 10.6 Å². The Balaban J connectivity index is 1.51. The van der Waals surface area contributed by atoms with E-state index in [0.717, 1.165) is 13.0 Å². The molecule has 0 amide bonds. The van der Waals surface area contributed by atoms with E-state index in [1.165, 1.54) is 17.7 Å². The lowest BCUT2D eigenvalue weighted by molar-refractivity contribution is 0.132. The van der Waals surface area contributed by atoms with Gasteiger partial charge in [0.2, 0.25) is 0 Å². The molecule has 4 aliphatic rings. The molecule has 0 aliphatic carbocycles. The molecule has 4 atom stereocenters. The maximum atomic E-state index is 5.78. The van der Waals surface area contributed by atoms with Gasteiger partial charge in [0, 0.05) is 29.9 Å². The van der Waals surface area contributed by atoms with Gasteiger partial charge >= 0.3 is 0 Å². The third-order valence-electron chi connectivity index (χ3n) is 4.16. The Kier molecular flexibility index (Phi) is 2.42. The van der Waals surface area contributed by atoms with Gasteiger partial charge in [0.05, 0.1) is 6.10 Å². The normalized spacial score (nSPS) is 40.9. The number of hydrogen-bond donors (Lipinski definition) is 2. The van der Waals surface area contributed by atoms with Gasteiger partial charge in [0.15, 0.2) is 0 Å². The van der Waals surface area contributed by atoms with Crippen molar-refractivity contribution in [1.82, 2.24) is 10.6 Å². The first-order valence-corrected chi connectivity index (χ1v) is 6.83. The maximum Gasteiger partial charge on any atom is 0.104 e. The molecule has 3 nitrogen and oxygen atoms in total. The fourth-order valence-corrected chi connectivity index (χ4v) is 3.23. The summed E-state index contributed by atoms with van der Waals surface area (Å²) in [6, 6.07) is 0.983. The predicted octanol–water partition coefficient (Wildman–Crippen LogP) is 1.41. The van der Waals surface area contributed by atoms with Crippen molar-refractivity contribution in [3.8, 4) is 0 Å². The van der Waals surface area contributed by atoms with Crippen LogP contribution in [0.5, 0.6) is 0 Å². The number of ether oxygens (including phenoxy) is 1. The van der Waals surface area contributed by atoms with Crippen LogP contribution in [-0.4, -0.2) is 30.8 Å². The molecule has 0 aromatic heterocycles. The Morgan fingerprint density at radius 1 is 1.22 bits per heavy atom. The molecule has 4 rings (SSSR count). The average molecular weight is 242 g/mol. The van der Waals surface area contributed by atoms with Crippen molar-refractivity contribution in [3.63, 3.8) is 0 Å². The van der Waals surface area contributed by atoms with Crippen LogP contribution in [0.1, 0.15) is 12.8 Å². The highest BCUT2D eigenvalue weighted by atomic mass is 16.5. The van der Waals surface area contributed by atoms with Gasteiger partial charge in [-0.15, -0.1) is 0 Å². The van der Waals surface area contributed by atoms with E-state index >= 15 is 0 Å². The van der Waals surface area contributed by atoms with Gasteiger partial charge in [-0.2, -0.15) is 0 Å². The summed E-state index contributed by atoms with van der Waals surface area (Å²) < 4.78 is 5.78. The van der Waals surface area contributed by atoms with Crippen molar-refractivity contribution in [3.05, 3.63) is 47.7 Å². The summed E-state index contributed by atoms with van der Waals surface area (Å²) in [5.41, 5.74) is 2.61. The highest BCUT2D eigenvalue weighted by Crippen LogP contribution is 2.33. The molecule has 0 aromatic rings. The van der Waals surface area contributed by atoms with Gasteiger partial charge in [-0.25, -0.2) is 0 Å². The number of allylic oxidation sites excluding steroid dienone is 1. The molecule has 0 saturated heterocycles. The number of fused-ring (bicyclic) bond motifs is 2. The van der Waals surface area contributed by atoms with Gasteiger partial charge in [-0.1, -0.05) is 30.4 Å². The Morgan fingerprint density at radius 2 is 2.22 bits per heavy atom. The molecule has 0 spiro atoms. The van der Waals surface area contributed by atoms with E-state index in [4.69, 9.17) is 4.74 Å². The Hall–Kier alpha value is -1.32. The van der Waals surface area contributed by atoms with Crippen molar-refractivity contribution < 1.29 is 4.74 Å². The van der Waals surface area contributed by atoms with Crippen LogP contribution >= 0.6 is 0 Å². The molecule has 94 valence electrons. The molecule has 4 aliphatic heterocycles. The molecule has 3 heteroatoms. The number of hydrogen-bond acceptors (Lipinski definition) is 3. The van der Waals surface area contributed by atoms with Crippen molar-refractivity contribution in [1.29, 1.82) is 0 Å². The Labute approximate surface area is 107 Å². The van der Waals surface area contributed by atoms with Crippen LogP contribution in [0.2, 0.25) is 0 Å². The van der Waals surface area contributed by atoms with Crippen LogP contribution in [0.4, 0.5) is 0 Å². The summed E-state index contributed by atoms with van der Waals surface area (Å²) in [4.78, 5) is 0. The second kappa shape index (κ2) is 4.11.